The molecule has 8 nitrogen and oxygen atoms in total. The monoisotopic (exact) mass is 492 g/mol. The highest BCUT2D eigenvalue weighted by Crippen LogP contribution is 2.22. The lowest BCUT2D eigenvalue weighted by Gasteiger charge is -2.30. The van der Waals surface area contributed by atoms with Crippen LogP contribution in [0.25, 0.3) is 11.4 Å². The molecular formula is C28H36N4O4. The number of ether oxygens (including phenoxy) is 2. The molecule has 0 bridgehead atoms. The van der Waals surface area contributed by atoms with Crippen molar-refractivity contribution in [3.63, 3.8) is 0 Å². The van der Waals surface area contributed by atoms with Gasteiger partial charge in [0.1, 0.15) is 11.5 Å². The van der Waals surface area contributed by atoms with Crippen LogP contribution >= 0.6 is 0 Å². The van der Waals surface area contributed by atoms with Gasteiger partial charge in [0.25, 0.3) is 0 Å². The first-order valence-electron chi connectivity index (χ1n) is 12.7. The summed E-state index contributed by atoms with van der Waals surface area (Å²) in [6.45, 7) is 7.01. The summed E-state index contributed by atoms with van der Waals surface area (Å²) in [7, 11) is 1.64. The van der Waals surface area contributed by atoms with E-state index in [2.05, 4.69) is 32.5 Å². The predicted octanol–water partition coefficient (Wildman–Crippen LogP) is 4.49. The van der Waals surface area contributed by atoms with Crippen LogP contribution in [0.3, 0.4) is 0 Å². The summed E-state index contributed by atoms with van der Waals surface area (Å²) in [6.07, 6.45) is 3.70. The number of carbonyl (C=O) groups excluding carboxylic acids is 1. The summed E-state index contributed by atoms with van der Waals surface area (Å²) < 4.78 is 16.3. The van der Waals surface area contributed by atoms with Crippen LogP contribution in [0.5, 0.6) is 11.5 Å². The molecular weight excluding hydrogens is 456 g/mol. The van der Waals surface area contributed by atoms with Gasteiger partial charge in [-0.15, -0.1) is 0 Å². The maximum Gasteiger partial charge on any atom is 0.241 e. The van der Waals surface area contributed by atoms with Crippen molar-refractivity contribution in [2.75, 3.05) is 26.7 Å². The van der Waals surface area contributed by atoms with Gasteiger partial charge >= 0.3 is 0 Å². The quantitative estimate of drug-likeness (QED) is 0.394. The first-order chi connectivity index (χ1) is 17.5. The first-order valence-corrected chi connectivity index (χ1v) is 12.7. The lowest BCUT2D eigenvalue weighted by molar-refractivity contribution is -0.126. The minimum atomic E-state index is 0.0614. The van der Waals surface area contributed by atoms with Crippen molar-refractivity contribution in [2.24, 2.45) is 5.92 Å². The zero-order valence-electron chi connectivity index (χ0n) is 21.4. The van der Waals surface area contributed by atoms with Crippen molar-refractivity contribution < 1.29 is 18.8 Å². The number of methoxy groups -OCH3 is 1. The van der Waals surface area contributed by atoms with E-state index in [0.717, 1.165) is 55.8 Å². The van der Waals surface area contributed by atoms with Crippen molar-refractivity contribution in [1.29, 1.82) is 0 Å². The molecule has 0 atom stereocenters. The van der Waals surface area contributed by atoms with Gasteiger partial charge in [0, 0.05) is 18.0 Å². The number of rotatable bonds is 11. The lowest BCUT2D eigenvalue weighted by Crippen LogP contribution is -2.40. The van der Waals surface area contributed by atoms with E-state index in [1.54, 1.807) is 7.11 Å². The minimum absolute atomic E-state index is 0.0614. The van der Waals surface area contributed by atoms with Crippen molar-refractivity contribution >= 4 is 5.91 Å². The molecule has 3 aromatic rings. The number of aryl methyl sites for hydroxylation is 1. The number of benzene rings is 2. The number of nitrogens with one attached hydrogen (secondary N) is 1. The Morgan fingerprint density at radius 2 is 1.78 bits per heavy atom. The molecule has 1 aromatic heterocycles. The molecule has 36 heavy (non-hydrogen) atoms. The highest BCUT2D eigenvalue weighted by Gasteiger charge is 2.25. The van der Waals surface area contributed by atoms with E-state index in [1.165, 1.54) is 5.56 Å². The second kappa shape index (κ2) is 12.5. The highest BCUT2D eigenvalue weighted by atomic mass is 16.5. The Hall–Kier alpha value is -3.39. The molecule has 0 radical (unpaired) electrons. The van der Waals surface area contributed by atoms with Crippen molar-refractivity contribution in [3.8, 4) is 22.9 Å². The number of aromatic nitrogens is 2. The maximum absolute atomic E-state index is 12.6. The molecule has 8 heteroatoms. The Bertz CT molecular complexity index is 1090. The molecule has 0 spiro atoms. The third-order valence-corrected chi connectivity index (χ3v) is 6.37. The Morgan fingerprint density at radius 3 is 2.44 bits per heavy atom. The molecule has 1 fully saturated rings. The fourth-order valence-electron chi connectivity index (χ4n) is 4.38. The SMILES string of the molecule is COc1ccc(-c2noc(CN3CCC(C(=O)NCCCc4ccc(OC(C)C)cc4)CC3)n2)cc1. The van der Waals surface area contributed by atoms with Gasteiger partial charge in [-0.2, -0.15) is 4.98 Å². The fraction of sp³-hybridized carbons (Fsp3) is 0.464. The normalized spacial score (nSPS) is 14.7. The van der Waals surface area contributed by atoms with E-state index in [4.69, 9.17) is 14.0 Å². The van der Waals surface area contributed by atoms with Gasteiger partial charge in [0.2, 0.25) is 17.6 Å². The van der Waals surface area contributed by atoms with Crippen LogP contribution in [-0.2, 0) is 17.8 Å². The zero-order chi connectivity index (χ0) is 25.3. The smallest absolute Gasteiger partial charge is 0.241 e. The van der Waals surface area contributed by atoms with E-state index >= 15 is 0 Å². The molecule has 1 aliphatic rings. The third kappa shape index (κ3) is 7.31. The minimum Gasteiger partial charge on any atom is -0.497 e. The second-order valence-electron chi connectivity index (χ2n) is 9.50. The van der Waals surface area contributed by atoms with Crippen LogP contribution in [-0.4, -0.2) is 53.8 Å². The number of hydrogen-bond donors (Lipinski definition) is 1. The standard InChI is InChI=1S/C28H36N4O4/c1-20(2)35-25-10-6-21(7-11-25)5-4-16-29-28(33)23-14-17-32(18-15-23)19-26-30-27(31-36-26)22-8-12-24(34-3)13-9-22/h6-13,20,23H,4-5,14-19H2,1-3H3,(H,29,33). The molecule has 4 rings (SSSR count). The molecule has 1 aliphatic heterocycles. The van der Waals surface area contributed by atoms with Gasteiger partial charge in [-0.3, -0.25) is 9.69 Å². The number of hydrogen-bond acceptors (Lipinski definition) is 7. The summed E-state index contributed by atoms with van der Waals surface area (Å²) in [5, 5.41) is 7.23. The van der Waals surface area contributed by atoms with Gasteiger partial charge in [0.05, 0.1) is 19.8 Å². The first kappa shape index (κ1) is 25.7. The third-order valence-electron chi connectivity index (χ3n) is 6.37. The predicted molar refractivity (Wildman–Crippen MR) is 138 cm³/mol. The van der Waals surface area contributed by atoms with Crippen LogP contribution in [0.4, 0.5) is 0 Å². The van der Waals surface area contributed by atoms with E-state index in [1.807, 2.05) is 50.2 Å². The van der Waals surface area contributed by atoms with E-state index < -0.39 is 0 Å². The molecule has 1 N–H and O–H groups in total. The van der Waals surface area contributed by atoms with Crippen LogP contribution in [0.15, 0.2) is 53.1 Å². The lowest BCUT2D eigenvalue weighted by atomic mass is 9.96. The Balaban J connectivity index is 1.14. The molecule has 2 heterocycles. The number of amides is 1. The Labute approximate surface area is 213 Å². The molecule has 0 aliphatic carbocycles. The fourth-order valence-corrected chi connectivity index (χ4v) is 4.38. The van der Waals surface area contributed by atoms with Crippen LogP contribution < -0.4 is 14.8 Å². The summed E-state index contributed by atoms with van der Waals surface area (Å²) >= 11 is 0. The summed E-state index contributed by atoms with van der Waals surface area (Å²) in [4.78, 5) is 19.4. The number of piperidine rings is 1. The molecule has 192 valence electrons. The summed E-state index contributed by atoms with van der Waals surface area (Å²) in [5.41, 5.74) is 2.14. The van der Waals surface area contributed by atoms with Gasteiger partial charge in [-0.1, -0.05) is 17.3 Å². The van der Waals surface area contributed by atoms with Gasteiger partial charge in [-0.05, 0) is 94.6 Å². The molecule has 0 unspecified atom stereocenters. The second-order valence-corrected chi connectivity index (χ2v) is 9.50. The molecule has 0 saturated carbocycles. The summed E-state index contributed by atoms with van der Waals surface area (Å²) in [6, 6.07) is 15.8. The highest BCUT2D eigenvalue weighted by molar-refractivity contribution is 5.78. The largest absolute Gasteiger partial charge is 0.497 e. The van der Waals surface area contributed by atoms with Gasteiger partial charge in [-0.25, -0.2) is 0 Å². The van der Waals surface area contributed by atoms with Crippen molar-refractivity contribution in [2.45, 2.75) is 52.2 Å². The van der Waals surface area contributed by atoms with Crippen LogP contribution in [0.2, 0.25) is 0 Å². The summed E-state index contributed by atoms with van der Waals surface area (Å²) in [5.74, 6) is 3.07. The molecule has 1 saturated heterocycles. The number of carbonyl (C=O) groups is 1. The average molecular weight is 493 g/mol. The maximum atomic E-state index is 12.6. The van der Waals surface area contributed by atoms with Gasteiger partial charge < -0.3 is 19.3 Å². The van der Waals surface area contributed by atoms with E-state index in [0.29, 0.717) is 24.8 Å². The Morgan fingerprint density at radius 1 is 1.08 bits per heavy atom. The van der Waals surface area contributed by atoms with E-state index in [-0.39, 0.29) is 17.9 Å². The average Bonchev–Trinajstić information content (AvgIpc) is 3.36. The van der Waals surface area contributed by atoms with Crippen LogP contribution in [0.1, 0.15) is 44.6 Å². The van der Waals surface area contributed by atoms with Gasteiger partial charge in [0.15, 0.2) is 0 Å². The molecule has 2 aromatic carbocycles. The Kier molecular flexibility index (Phi) is 8.95. The van der Waals surface area contributed by atoms with E-state index in [9.17, 15) is 4.79 Å². The number of likely N-dealkylation sites (tertiary alicyclic amines) is 1. The number of nitrogens with zero attached hydrogens (tertiary/aromatic N) is 3. The zero-order valence-corrected chi connectivity index (χ0v) is 21.4. The van der Waals surface area contributed by atoms with Crippen molar-refractivity contribution in [1.82, 2.24) is 20.4 Å². The van der Waals surface area contributed by atoms with Crippen LogP contribution in [0, 0.1) is 5.92 Å². The molecule has 1 amide bonds. The topological polar surface area (TPSA) is 89.7 Å². The van der Waals surface area contributed by atoms with Crippen molar-refractivity contribution in [3.05, 3.63) is 60.0 Å².